The molecule has 176 valence electrons. The molecule has 2 aliphatic rings. The first-order chi connectivity index (χ1) is 16.2. The number of nitrogens with two attached hydrogens (primary N) is 1. The smallest absolute Gasteiger partial charge is 0.258 e. The maximum absolute atomic E-state index is 15.6. The molecule has 2 unspecified atom stereocenters. The highest BCUT2D eigenvalue weighted by Gasteiger charge is 2.48. The summed E-state index contributed by atoms with van der Waals surface area (Å²) >= 11 is 6.95. The van der Waals surface area contributed by atoms with E-state index in [9.17, 15) is 9.59 Å². The highest BCUT2D eigenvalue weighted by Crippen LogP contribution is 2.54. The fourth-order valence-corrected chi connectivity index (χ4v) is 5.78. The summed E-state index contributed by atoms with van der Waals surface area (Å²) in [4.78, 5) is 30.8. The number of carbonyl (C=O) groups is 1. The number of nitrogens with one attached hydrogen (secondary N) is 1. The van der Waals surface area contributed by atoms with Crippen LogP contribution in [-0.4, -0.2) is 41.0 Å². The number of pyridine rings is 2. The molecule has 5 rings (SSSR count). The number of hydrogen-bond donors (Lipinski definition) is 2. The molecule has 3 N–H and O–H groups in total. The fourth-order valence-electron chi connectivity index (χ4n) is 5.34. The van der Waals surface area contributed by atoms with Crippen molar-refractivity contribution in [3.63, 3.8) is 0 Å². The van der Waals surface area contributed by atoms with E-state index >= 15 is 4.39 Å². The first kappa shape index (κ1) is 22.4. The second kappa shape index (κ2) is 8.13. The van der Waals surface area contributed by atoms with E-state index in [1.807, 2.05) is 12.3 Å². The lowest BCUT2D eigenvalue weighted by molar-refractivity contribution is 0.0824. The van der Waals surface area contributed by atoms with E-state index < -0.39 is 11.7 Å². The molecule has 9 heteroatoms. The summed E-state index contributed by atoms with van der Waals surface area (Å²) in [6, 6.07) is 8.24. The number of rotatable bonds is 3. The number of fused-ring (bicyclic) bond motifs is 2. The Labute approximate surface area is 201 Å². The lowest BCUT2D eigenvalue weighted by Crippen LogP contribution is -2.28. The van der Waals surface area contributed by atoms with E-state index in [0.29, 0.717) is 22.9 Å². The van der Waals surface area contributed by atoms with Crippen molar-refractivity contribution in [2.45, 2.75) is 30.7 Å². The molecule has 1 amide bonds. The summed E-state index contributed by atoms with van der Waals surface area (Å²) in [6.07, 6.45) is 5.70. The lowest BCUT2D eigenvalue weighted by Gasteiger charge is -2.25. The van der Waals surface area contributed by atoms with E-state index in [4.69, 9.17) is 17.3 Å². The minimum atomic E-state index is -0.720. The van der Waals surface area contributed by atoms with Crippen molar-refractivity contribution >= 4 is 29.0 Å². The summed E-state index contributed by atoms with van der Waals surface area (Å²) in [7, 11) is 3.09. The zero-order valence-corrected chi connectivity index (χ0v) is 19.7. The normalized spacial score (nSPS) is 20.9. The van der Waals surface area contributed by atoms with Crippen molar-refractivity contribution in [1.29, 1.82) is 0 Å². The van der Waals surface area contributed by atoms with Gasteiger partial charge in [-0.3, -0.25) is 9.59 Å². The number of halogens is 2. The van der Waals surface area contributed by atoms with Gasteiger partial charge in [0.1, 0.15) is 11.6 Å². The standard InChI is InChI=1S/C25H25ClFN5O2/c1-31(2)24(34)19-17(28)7-6-15(22(19)27)16-12-29-23-20(21(16)26)25(13-30-23)9-8-14(11-25)32-10-4-3-5-18(32)33/h3-7,10,12,14H,8-9,11,13,28H2,1-2H3,(H,29,30). The van der Waals surface area contributed by atoms with Gasteiger partial charge >= 0.3 is 0 Å². The minimum absolute atomic E-state index is 0.0317. The van der Waals surface area contributed by atoms with Crippen LogP contribution < -0.4 is 16.6 Å². The fraction of sp³-hybridized carbons (Fsp3) is 0.320. The van der Waals surface area contributed by atoms with Gasteiger partial charge in [-0.1, -0.05) is 17.7 Å². The van der Waals surface area contributed by atoms with Gasteiger partial charge in [0.15, 0.2) is 0 Å². The highest BCUT2D eigenvalue weighted by atomic mass is 35.5. The molecule has 1 saturated carbocycles. The van der Waals surface area contributed by atoms with Crippen LogP contribution in [0.3, 0.4) is 0 Å². The van der Waals surface area contributed by atoms with Crippen LogP contribution >= 0.6 is 11.6 Å². The minimum Gasteiger partial charge on any atom is -0.398 e. The molecule has 1 aliphatic heterocycles. The number of hydrogen-bond acceptors (Lipinski definition) is 5. The van der Waals surface area contributed by atoms with Gasteiger partial charge in [-0.15, -0.1) is 0 Å². The van der Waals surface area contributed by atoms with Crippen LogP contribution in [0, 0.1) is 5.82 Å². The van der Waals surface area contributed by atoms with Gasteiger partial charge in [-0.05, 0) is 37.5 Å². The molecule has 0 radical (unpaired) electrons. The maximum atomic E-state index is 15.6. The summed E-state index contributed by atoms with van der Waals surface area (Å²) in [5, 5.41) is 3.76. The molecule has 0 saturated heterocycles. The molecule has 34 heavy (non-hydrogen) atoms. The molecule has 2 atom stereocenters. The van der Waals surface area contributed by atoms with Gasteiger partial charge in [0.05, 0.1) is 10.6 Å². The summed E-state index contributed by atoms with van der Waals surface area (Å²) < 4.78 is 17.4. The van der Waals surface area contributed by atoms with Crippen molar-refractivity contribution in [1.82, 2.24) is 14.5 Å². The number of nitrogen functional groups attached to an aromatic ring is 1. The number of benzene rings is 1. The molecular formula is C25H25ClFN5O2. The third-order valence-corrected chi connectivity index (χ3v) is 7.44. The predicted molar refractivity (Wildman–Crippen MR) is 131 cm³/mol. The monoisotopic (exact) mass is 481 g/mol. The van der Waals surface area contributed by atoms with Crippen LogP contribution in [0.2, 0.25) is 5.02 Å². The molecular weight excluding hydrogens is 457 g/mol. The number of amides is 1. The molecule has 1 fully saturated rings. The first-order valence-electron chi connectivity index (χ1n) is 11.1. The summed E-state index contributed by atoms with van der Waals surface area (Å²) in [5.41, 5.74) is 6.90. The summed E-state index contributed by atoms with van der Waals surface area (Å²) in [5.74, 6) is -0.565. The Hall–Kier alpha value is -3.39. The molecule has 0 bridgehead atoms. The van der Waals surface area contributed by atoms with Crippen molar-refractivity contribution in [2.24, 2.45) is 0 Å². The zero-order chi connectivity index (χ0) is 24.2. The molecule has 3 aromatic rings. The summed E-state index contributed by atoms with van der Waals surface area (Å²) in [6.45, 7) is 0.644. The van der Waals surface area contributed by atoms with Crippen LogP contribution in [0.25, 0.3) is 11.1 Å². The Balaban J connectivity index is 1.59. The molecule has 1 aliphatic carbocycles. The maximum Gasteiger partial charge on any atom is 0.258 e. The van der Waals surface area contributed by atoms with Crippen LogP contribution in [0.1, 0.15) is 41.2 Å². The molecule has 1 aromatic carbocycles. The lowest BCUT2D eigenvalue weighted by atomic mass is 9.80. The average Bonchev–Trinajstić information content (AvgIpc) is 3.39. The van der Waals surface area contributed by atoms with Crippen molar-refractivity contribution in [3.8, 4) is 11.1 Å². The predicted octanol–water partition coefficient (Wildman–Crippen LogP) is 4.08. The second-order valence-electron chi connectivity index (χ2n) is 9.28. The molecule has 3 heterocycles. The molecule has 2 aromatic heterocycles. The van der Waals surface area contributed by atoms with E-state index in [0.717, 1.165) is 24.8 Å². The quantitative estimate of drug-likeness (QED) is 0.550. The van der Waals surface area contributed by atoms with Gasteiger partial charge in [0.25, 0.3) is 11.5 Å². The third kappa shape index (κ3) is 3.36. The van der Waals surface area contributed by atoms with E-state index in [2.05, 4.69) is 10.3 Å². The zero-order valence-electron chi connectivity index (χ0n) is 18.9. The van der Waals surface area contributed by atoms with Gasteiger partial charge in [0.2, 0.25) is 0 Å². The number of aromatic nitrogens is 2. The van der Waals surface area contributed by atoms with Crippen molar-refractivity contribution in [3.05, 3.63) is 75.0 Å². The SMILES string of the molecule is CN(C)C(=O)c1c(N)ccc(-c2cnc3c(c2Cl)C2(CCC(n4ccccc4=O)C2)CN3)c1F. The Morgan fingerprint density at radius 1 is 1.29 bits per heavy atom. The van der Waals surface area contributed by atoms with Gasteiger partial charge in [-0.2, -0.15) is 0 Å². The Morgan fingerprint density at radius 2 is 2.09 bits per heavy atom. The molecule has 1 spiro atoms. The first-order valence-corrected chi connectivity index (χ1v) is 11.5. The Morgan fingerprint density at radius 3 is 2.82 bits per heavy atom. The van der Waals surface area contributed by atoms with Gasteiger partial charge in [0, 0.05) is 72.9 Å². The van der Waals surface area contributed by atoms with Crippen molar-refractivity contribution < 1.29 is 9.18 Å². The third-order valence-electron chi connectivity index (χ3n) is 7.05. The largest absolute Gasteiger partial charge is 0.398 e. The number of nitrogens with zero attached hydrogens (tertiary/aromatic N) is 3. The van der Waals surface area contributed by atoms with Crippen LogP contribution in [-0.2, 0) is 5.41 Å². The van der Waals surface area contributed by atoms with Crippen molar-refractivity contribution in [2.75, 3.05) is 31.7 Å². The topological polar surface area (TPSA) is 93.2 Å². The number of anilines is 2. The highest BCUT2D eigenvalue weighted by molar-refractivity contribution is 6.34. The van der Waals surface area contributed by atoms with Gasteiger partial charge in [-0.25, -0.2) is 9.37 Å². The average molecular weight is 482 g/mol. The molecule has 7 nitrogen and oxygen atoms in total. The van der Waals surface area contributed by atoms with E-state index in [-0.39, 0.29) is 33.8 Å². The van der Waals surface area contributed by atoms with E-state index in [1.165, 1.54) is 23.2 Å². The van der Waals surface area contributed by atoms with Crippen LogP contribution in [0.5, 0.6) is 0 Å². The van der Waals surface area contributed by atoms with E-state index in [1.54, 1.807) is 30.8 Å². The Kier molecular flexibility index (Phi) is 5.36. The second-order valence-corrected chi connectivity index (χ2v) is 9.65. The Bertz CT molecular complexity index is 1370. The van der Waals surface area contributed by atoms with Crippen LogP contribution in [0.4, 0.5) is 15.9 Å². The van der Waals surface area contributed by atoms with Crippen LogP contribution in [0.15, 0.2) is 47.5 Å². The van der Waals surface area contributed by atoms with Gasteiger partial charge < -0.3 is 20.5 Å². The number of carbonyl (C=O) groups excluding carboxylic acids is 1.